The molecule has 1 aromatic carbocycles. The third kappa shape index (κ3) is 6.82. The molecular weight excluding hydrogens is 392 g/mol. The first-order valence-electron chi connectivity index (χ1n) is 9.89. The minimum absolute atomic E-state index is 0.0364. The highest BCUT2D eigenvalue weighted by Gasteiger charge is 2.29. The Kier molecular flexibility index (Phi) is 7.11. The Morgan fingerprint density at radius 2 is 1.72 bits per heavy atom. The summed E-state index contributed by atoms with van der Waals surface area (Å²) in [5, 5.41) is 2.87. The molecule has 0 aliphatic carbocycles. The van der Waals surface area contributed by atoms with Crippen LogP contribution in [0.3, 0.4) is 0 Å². The molecule has 1 amide bonds. The fourth-order valence-electron chi connectivity index (χ4n) is 3.86. The van der Waals surface area contributed by atoms with E-state index in [-0.39, 0.29) is 15.9 Å². The molecule has 1 fully saturated rings. The zero-order chi connectivity index (χ0) is 21.9. The Morgan fingerprint density at radius 1 is 1.10 bits per heavy atom. The number of nitrogens with zero attached hydrogens (tertiary/aromatic N) is 1. The fraction of sp³-hybridized carbons (Fsp3) is 0.619. The molecule has 1 heterocycles. The number of carbonyl (C=O) groups is 2. The van der Waals surface area contributed by atoms with Crippen LogP contribution in [0.15, 0.2) is 29.2 Å². The lowest BCUT2D eigenvalue weighted by atomic mass is 9.82. The van der Waals surface area contributed by atoms with E-state index in [1.807, 2.05) is 13.8 Å². The number of rotatable bonds is 7. The molecule has 0 atom stereocenters. The number of hydrogen-bond acceptors (Lipinski definition) is 5. The van der Waals surface area contributed by atoms with Crippen LogP contribution in [0, 0.1) is 5.41 Å². The minimum atomic E-state index is -3.62. The van der Waals surface area contributed by atoms with Gasteiger partial charge in [-0.2, -0.15) is 4.31 Å². The second kappa shape index (κ2) is 8.83. The van der Waals surface area contributed by atoms with Crippen LogP contribution in [0.2, 0.25) is 0 Å². The van der Waals surface area contributed by atoms with Gasteiger partial charge in [-0.05, 0) is 56.7 Å². The quantitative estimate of drug-likeness (QED) is 0.680. The van der Waals surface area contributed by atoms with Gasteiger partial charge in [0.05, 0.1) is 10.5 Å². The van der Waals surface area contributed by atoms with Crippen molar-refractivity contribution in [3.63, 3.8) is 0 Å². The van der Waals surface area contributed by atoms with Crippen molar-refractivity contribution in [3.05, 3.63) is 29.8 Å². The van der Waals surface area contributed by atoms with Gasteiger partial charge in [0, 0.05) is 18.6 Å². The first-order valence-corrected chi connectivity index (χ1v) is 11.3. The van der Waals surface area contributed by atoms with Gasteiger partial charge in [-0.3, -0.25) is 4.79 Å². The molecule has 1 aliphatic rings. The average molecular weight is 425 g/mol. The summed E-state index contributed by atoms with van der Waals surface area (Å²) in [5.41, 5.74) is -0.299. The Bertz CT molecular complexity index is 850. The molecule has 1 N–H and O–H groups in total. The maximum Gasteiger partial charge on any atom is 0.338 e. The average Bonchev–Trinajstić information content (AvgIpc) is 3.12. The third-order valence-electron chi connectivity index (χ3n) is 4.56. The van der Waals surface area contributed by atoms with Crippen LogP contribution in [0.4, 0.5) is 0 Å². The maximum atomic E-state index is 12.7. The van der Waals surface area contributed by atoms with Gasteiger partial charge in [0.2, 0.25) is 10.0 Å². The third-order valence-corrected chi connectivity index (χ3v) is 6.45. The van der Waals surface area contributed by atoms with E-state index in [9.17, 15) is 18.0 Å². The van der Waals surface area contributed by atoms with E-state index in [4.69, 9.17) is 4.74 Å². The predicted molar refractivity (Wildman–Crippen MR) is 111 cm³/mol. The first-order chi connectivity index (χ1) is 13.3. The molecule has 1 aliphatic heterocycles. The highest BCUT2D eigenvalue weighted by molar-refractivity contribution is 7.89. The largest absolute Gasteiger partial charge is 0.452 e. The van der Waals surface area contributed by atoms with Crippen molar-refractivity contribution in [2.45, 2.75) is 64.3 Å². The summed E-state index contributed by atoms with van der Waals surface area (Å²) in [6, 6.07) is 5.75. The van der Waals surface area contributed by atoms with Crippen molar-refractivity contribution < 1.29 is 22.7 Å². The minimum Gasteiger partial charge on any atom is -0.452 e. The molecule has 0 spiro atoms. The topological polar surface area (TPSA) is 92.8 Å². The SMILES string of the molecule is CC(C)(C)CC(C)(C)NC(=O)COC(=O)c1cccc(S(=O)(=O)N2CCCC2)c1. The van der Waals surface area contributed by atoms with Crippen LogP contribution >= 0.6 is 0 Å². The van der Waals surface area contributed by atoms with Crippen LogP contribution < -0.4 is 5.32 Å². The maximum absolute atomic E-state index is 12.7. The van der Waals surface area contributed by atoms with E-state index < -0.39 is 34.0 Å². The van der Waals surface area contributed by atoms with E-state index >= 15 is 0 Å². The van der Waals surface area contributed by atoms with Crippen molar-refractivity contribution in [1.82, 2.24) is 9.62 Å². The molecule has 1 aromatic rings. The number of ether oxygens (including phenoxy) is 1. The normalized spacial score (nSPS) is 15.9. The lowest BCUT2D eigenvalue weighted by Crippen LogP contribution is -2.47. The zero-order valence-electron chi connectivity index (χ0n) is 17.9. The second-order valence-corrected chi connectivity index (χ2v) is 11.3. The van der Waals surface area contributed by atoms with Gasteiger partial charge in [-0.15, -0.1) is 0 Å². The molecule has 7 nitrogen and oxygen atoms in total. The molecule has 1 saturated heterocycles. The van der Waals surface area contributed by atoms with Gasteiger partial charge in [0.15, 0.2) is 6.61 Å². The molecule has 2 rings (SSSR count). The highest BCUT2D eigenvalue weighted by atomic mass is 32.2. The summed E-state index contributed by atoms with van der Waals surface area (Å²) in [6.45, 7) is 10.7. The molecule has 0 unspecified atom stereocenters. The van der Waals surface area contributed by atoms with Crippen LogP contribution in [-0.4, -0.2) is 49.8 Å². The van der Waals surface area contributed by atoms with Gasteiger partial charge in [-0.1, -0.05) is 26.8 Å². The number of amides is 1. The van der Waals surface area contributed by atoms with E-state index in [0.29, 0.717) is 13.1 Å². The van der Waals surface area contributed by atoms with E-state index in [0.717, 1.165) is 19.3 Å². The second-order valence-electron chi connectivity index (χ2n) is 9.38. The molecule has 0 aromatic heterocycles. The zero-order valence-corrected chi connectivity index (χ0v) is 18.8. The lowest BCUT2D eigenvalue weighted by molar-refractivity contribution is -0.126. The van der Waals surface area contributed by atoms with Crippen LogP contribution in [-0.2, 0) is 19.6 Å². The number of hydrogen-bond donors (Lipinski definition) is 1. The molecule has 29 heavy (non-hydrogen) atoms. The molecule has 0 radical (unpaired) electrons. The fourth-order valence-corrected chi connectivity index (χ4v) is 5.42. The number of benzene rings is 1. The van der Waals surface area contributed by atoms with E-state index in [2.05, 4.69) is 26.1 Å². The standard InChI is InChI=1S/C21H32N2O5S/c1-20(2,3)15-21(4,5)22-18(24)14-28-19(25)16-9-8-10-17(13-16)29(26,27)23-11-6-7-12-23/h8-10,13H,6-7,11-12,14-15H2,1-5H3,(H,22,24). The van der Waals surface area contributed by atoms with Crippen molar-refractivity contribution in [2.75, 3.05) is 19.7 Å². The summed E-state index contributed by atoms with van der Waals surface area (Å²) in [7, 11) is -3.62. The van der Waals surface area contributed by atoms with Crippen LogP contribution in [0.1, 0.15) is 64.2 Å². The van der Waals surface area contributed by atoms with E-state index in [1.165, 1.54) is 28.6 Å². The van der Waals surface area contributed by atoms with Gasteiger partial charge in [0.1, 0.15) is 0 Å². The Hall–Kier alpha value is -1.93. The summed E-state index contributed by atoms with van der Waals surface area (Å²) in [6.07, 6.45) is 2.43. The summed E-state index contributed by atoms with van der Waals surface area (Å²) < 4.78 is 31.8. The van der Waals surface area contributed by atoms with Crippen molar-refractivity contribution in [3.8, 4) is 0 Å². The van der Waals surface area contributed by atoms with Gasteiger partial charge in [0.25, 0.3) is 5.91 Å². The number of carbonyl (C=O) groups excluding carboxylic acids is 2. The smallest absolute Gasteiger partial charge is 0.338 e. The van der Waals surface area contributed by atoms with Gasteiger partial charge >= 0.3 is 5.97 Å². The summed E-state index contributed by atoms with van der Waals surface area (Å²) >= 11 is 0. The predicted octanol–water partition coefficient (Wildman–Crippen LogP) is 2.96. The molecule has 0 bridgehead atoms. The summed E-state index contributed by atoms with van der Waals surface area (Å²) in [5.74, 6) is -1.12. The van der Waals surface area contributed by atoms with Gasteiger partial charge < -0.3 is 10.1 Å². The Morgan fingerprint density at radius 3 is 2.31 bits per heavy atom. The number of nitrogens with one attached hydrogen (secondary N) is 1. The highest BCUT2D eigenvalue weighted by Crippen LogP contribution is 2.26. The molecule has 162 valence electrons. The van der Waals surface area contributed by atoms with Gasteiger partial charge in [-0.25, -0.2) is 13.2 Å². The monoisotopic (exact) mass is 424 g/mol. The molecule has 0 saturated carbocycles. The van der Waals surface area contributed by atoms with Crippen LogP contribution in [0.5, 0.6) is 0 Å². The van der Waals surface area contributed by atoms with Crippen molar-refractivity contribution >= 4 is 21.9 Å². The summed E-state index contributed by atoms with van der Waals surface area (Å²) in [4.78, 5) is 24.6. The molecule has 8 heteroatoms. The van der Waals surface area contributed by atoms with Crippen molar-refractivity contribution in [2.24, 2.45) is 5.41 Å². The number of esters is 1. The molecular formula is C21H32N2O5S. The van der Waals surface area contributed by atoms with Crippen molar-refractivity contribution in [1.29, 1.82) is 0 Å². The lowest BCUT2D eigenvalue weighted by Gasteiger charge is -2.33. The first kappa shape index (κ1) is 23.3. The van der Waals surface area contributed by atoms with Crippen LogP contribution in [0.25, 0.3) is 0 Å². The van der Waals surface area contributed by atoms with E-state index in [1.54, 1.807) is 0 Å². The Labute approximate surface area is 173 Å². The Balaban J connectivity index is 1.98. The number of sulfonamides is 1.